The zero-order valence-electron chi connectivity index (χ0n) is 12.0. The van der Waals surface area contributed by atoms with Gasteiger partial charge in [0.25, 0.3) is 0 Å². The minimum Gasteiger partial charge on any atom is -0.469 e. The Hall–Kier alpha value is -0.650. The molecule has 1 fully saturated rings. The van der Waals surface area contributed by atoms with Crippen LogP contribution in [0.2, 0.25) is 0 Å². The highest BCUT2D eigenvalue weighted by Crippen LogP contribution is 2.25. The third kappa shape index (κ3) is 3.67. The molecular weight excluding hydrogens is 234 g/mol. The summed E-state index contributed by atoms with van der Waals surface area (Å²) in [6.45, 7) is 9.26. The topological polar surface area (TPSA) is 59.0 Å². The SMILES string of the molecule is COC(=O)C(C)C(C)N1CC(CO)OC(C)(C)C1. The number of ether oxygens (including phenoxy) is 2. The fraction of sp³-hybridized carbons (Fsp3) is 0.923. The number of hydrogen-bond acceptors (Lipinski definition) is 5. The molecule has 1 rings (SSSR count). The number of nitrogens with zero attached hydrogens (tertiary/aromatic N) is 1. The van der Waals surface area contributed by atoms with Gasteiger partial charge in [0.15, 0.2) is 0 Å². The van der Waals surface area contributed by atoms with Gasteiger partial charge < -0.3 is 14.6 Å². The van der Waals surface area contributed by atoms with E-state index in [0.29, 0.717) is 6.54 Å². The van der Waals surface area contributed by atoms with Gasteiger partial charge in [-0.15, -0.1) is 0 Å². The summed E-state index contributed by atoms with van der Waals surface area (Å²) >= 11 is 0. The molecule has 5 nitrogen and oxygen atoms in total. The number of hydrogen-bond donors (Lipinski definition) is 1. The molecule has 3 unspecified atom stereocenters. The van der Waals surface area contributed by atoms with Crippen LogP contribution < -0.4 is 0 Å². The van der Waals surface area contributed by atoms with E-state index in [1.807, 2.05) is 27.7 Å². The largest absolute Gasteiger partial charge is 0.469 e. The van der Waals surface area contributed by atoms with Gasteiger partial charge in [-0.1, -0.05) is 6.92 Å². The lowest BCUT2D eigenvalue weighted by Crippen LogP contribution is -2.57. The fourth-order valence-corrected chi connectivity index (χ4v) is 2.45. The van der Waals surface area contributed by atoms with Gasteiger partial charge in [-0.25, -0.2) is 0 Å². The summed E-state index contributed by atoms with van der Waals surface area (Å²) in [5, 5.41) is 9.27. The van der Waals surface area contributed by atoms with Gasteiger partial charge in [-0.3, -0.25) is 9.69 Å². The van der Waals surface area contributed by atoms with E-state index in [2.05, 4.69) is 4.90 Å². The normalized spacial score (nSPS) is 27.6. The van der Waals surface area contributed by atoms with Crippen LogP contribution in [-0.4, -0.2) is 60.5 Å². The molecule has 1 saturated heterocycles. The molecule has 0 saturated carbocycles. The summed E-state index contributed by atoms with van der Waals surface area (Å²) in [5.74, 6) is -0.393. The van der Waals surface area contributed by atoms with Crippen LogP contribution in [0, 0.1) is 5.92 Å². The lowest BCUT2D eigenvalue weighted by molar-refractivity contribution is -0.166. The smallest absolute Gasteiger partial charge is 0.309 e. The zero-order chi connectivity index (χ0) is 13.9. The summed E-state index contributed by atoms with van der Waals surface area (Å²) in [4.78, 5) is 13.8. The molecule has 0 radical (unpaired) electrons. The van der Waals surface area contributed by atoms with Crippen LogP contribution in [0.1, 0.15) is 27.7 Å². The van der Waals surface area contributed by atoms with Crippen LogP contribution in [-0.2, 0) is 14.3 Å². The lowest BCUT2D eigenvalue weighted by atomic mass is 9.97. The molecule has 1 heterocycles. The Bertz CT molecular complexity index is 293. The minimum atomic E-state index is -0.310. The number of aliphatic hydroxyl groups is 1. The molecule has 5 heteroatoms. The van der Waals surface area contributed by atoms with Crippen molar-refractivity contribution in [1.29, 1.82) is 0 Å². The Morgan fingerprint density at radius 1 is 1.56 bits per heavy atom. The van der Waals surface area contributed by atoms with Gasteiger partial charge >= 0.3 is 5.97 Å². The van der Waals surface area contributed by atoms with Crippen LogP contribution in [0.15, 0.2) is 0 Å². The summed E-state index contributed by atoms with van der Waals surface area (Å²) in [6, 6.07) is 0.0645. The first-order valence-electron chi connectivity index (χ1n) is 6.41. The molecule has 0 spiro atoms. The van der Waals surface area contributed by atoms with Gasteiger partial charge in [0.05, 0.1) is 31.3 Å². The van der Waals surface area contributed by atoms with Crippen molar-refractivity contribution in [2.75, 3.05) is 26.8 Å². The van der Waals surface area contributed by atoms with Crippen molar-refractivity contribution in [3.63, 3.8) is 0 Å². The van der Waals surface area contributed by atoms with Crippen molar-refractivity contribution < 1.29 is 19.4 Å². The van der Waals surface area contributed by atoms with Crippen LogP contribution in [0.25, 0.3) is 0 Å². The molecule has 0 bridgehead atoms. The molecule has 0 amide bonds. The highest BCUT2D eigenvalue weighted by atomic mass is 16.5. The number of carbonyl (C=O) groups is 1. The van der Waals surface area contributed by atoms with Gasteiger partial charge in [-0.2, -0.15) is 0 Å². The molecule has 0 aromatic rings. The third-order valence-corrected chi connectivity index (χ3v) is 3.58. The Balaban J connectivity index is 2.72. The lowest BCUT2D eigenvalue weighted by Gasteiger charge is -2.45. The molecule has 1 aliphatic heterocycles. The monoisotopic (exact) mass is 259 g/mol. The van der Waals surface area contributed by atoms with Crippen LogP contribution in [0.3, 0.4) is 0 Å². The molecule has 1 N–H and O–H groups in total. The van der Waals surface area contributed by atoms with E-state index in [0.717, 1.165) is 6.54 Å². The van der Waals surface area contributed by atoms with E-state index >= 15 is 0 Å². The predicted octanol–water partition coefficient (Wildman–Crippen LogP) is 0.656. The number of aliphatic hydroxyl groups excluding tert-OH is 1. The van der Waals surface area contributed by atoms with Gasteiger partial charge in [-0.05, 0) is 20.8 Å². The Kier molecular flexibility index (Phi) is 5.13. The number of morpholine rings is 1. The van der Waals surface area contributed by atoms with Crippen LogP contribution >= 0.6 is 0 Å². The fourth-order valence-electron chi connectivity index (χ4n) is 2.45. The number of methoxy groups -OCH3 is 1. The maximum Gasteiger partial charge on any atom is 0.309 e. The molecule has 0 aromatic carbocycles. The minimum absolute atomic E-state index is 0.000739. The summed E-state index contributed by atoms with van der Waals surface area (Å²) < 4.78 is 10.5. The zero-order valence-corrected chi connectivity index (χ0v) is 12.0. The maximum absolute atomic E-state index is 11.6. The number of carbonyl (C=O) groups excluding carboxylic acids is 1. The average Bonchev–Trinajstić information content (AvgIpc) is 2.33. The first-order valence-corrected chi connectivity index (χ1v) is 6.41. The Labute approximate surface area is 109 Å². The van der Waals surface area contributed by atoms with Gasteiger partial charge in [0, 0.05) is 19.1 Å². The summed E-state index contributed by atoms with van der Waals surface area (Å²) in [7, 11) is 1.41. The first kappa shape index (κ1) is 15.4. The van der Waals surface area contributed by atoms with Crippen LogP contribution in [0.4, 0.5) is 0 Å². The Morgan fingerprint density at radius 3 is 2.67 bits per heavy atom. The summed E-state index contributed by atoms with van der Waals surface area (Å²) in [6.07, 6.45) is -0.193. The summed E-state index contributed by atoms with van der Waals surface area (Å²) in [5.41, 5.74) is -0.310. The van der Waals surface area contributed by atoms with E-state index in [-0.39, 0.29) is 36.2 Å². The molecule has 0 aromatic heterocycles. The quantitative estimate of drug-likeness (QED) is 0.751. The molecule has 3 atom stereocenters. The molecule has 106 valence electrons. The van der Waals surface area contributed by atoms with E-state index in [4.69, 9.17) is 9.47 Å². The van der Waals surface area contributed by atoms with E-state index < -0.39 is 0 Å². The maximum atomic E-state index is 11.6. The van der Waals surface area contributed by atoms with Crippen molar-refractivity contribution >= 4 is 5.97 Å². The molecule has 0 aliphatic carbocycles. The second-order valence-corrected chi connectivity index (χ2v) is 5.66. The van der Waals surface area contributed by atoms with Gasteiger partial charge in [0.1, 0.15) is 0 Å². The standard InChI is InChI=1S/C13H25NO4/c1-9(12(16)17-5)10(2)14-6-11(7-15)18-13(3,4)8-14/h9-11,15H,6-8H2,1-5H3. The molecule has 18 heavy (non-hydrogen) atoms. The van der Waals surface area contributed by atoms with Crippen molar-refractivity contribution in [3.8, 4) is 0 Å². The highest BCUT2D eigenvalue weighted by Gasteiger charge is 2.37. The Morgan fingerprint density at radius 2 is 2.17 bits per heavy atom. The number of rotatable bonds is 4. The second-order valence-electron chi connectivity index (χ2n) is 5.66. The first-order chi connectivity index (χ1) is 8.30. The van der Waals surface area contributed by atoms with Gasteiger partial charge in [0.2, 0.25) is 0 Å². The van der Waals surface area contributed by atoms with Crippen molar-refractivity contribution in [2.24, 2.45) is 5.92 Å². The second kappa shape index (κ2) is 5.99. The van der Waals surface area contributed by atoms with Crippen molar-refractivity contribution in [1.82, 2.24) is 4.90 Å². The van der Waals surface area contributed by atoms with E-state index in [1.165, 1.54) is 7.11 Å². The number of esters is 1. The molecular formula is C13H25NO4. The van der Waals surface area contributed by atoms with Crippen LogP contribution in [0.5, 0.6) is 0 Å². The predicted molar refractivity (Wildman–Crippen MR) is 68.3 cm³/mol. The average molecular weight is 259 g/mol. The van der Waals surface area contributed by atoms with E-state index in [9.17, 15) is 9.90 Å². The van der Waals surface area contributed by atoms with E-state index in [1.54, 1.807) is 0 Å². The van der Waals surface area contributed by atoms with Crippen molar-refractivity contribution in [2.45, 2.75) is 45.4 Å². The molecule has 1 aliphatic rings. The van der Waals surface area contributed by atoms with Crippen molar-refractivity contribution in [3.05, 3.63) is 0 Å². The highest BCUT2D eigenvalue weighted by molar-refractivity contribution is 5.72. The third-order valence-electron chi connectivity index (χ3n) is 3.58.